The van der Waals surface area contributed by atoms with E-state index in [1.54, 1.807) is 6.08 Å². The Morgan fingerprint density at radius 1 is 1.09 bits per heavy atom. The van der Waals surface area contributed by atoms with Crippen LogP contribution in [0.5, 0.6) is 0 Å². The Hall–Kier alpha value is -1.03. The highest BCUT2D eigenvalue weighted by atomic mass is 16.7. The third-order valence-electron chi connectivity index (χ3n) is 10.9. The van der Waals surface area contributed by atoms with Gasteiger partial charge in [-0.2, -0.15) is 0 Å². The molecule has 4 aliphatic carbocycles. The average Bonchev–Trinajstić information content (AvgIpc) is 3.27. The Bertz CT molecular complexity index is 932. The Balaban J connectivity index is 1.43. The number of hydrogen-bond donors (Lipinski definition) is 4. The summed E-state index contributed by atoms with van der Waals surface area (Å²) in [6.07, 6.45) is 3.55. The molecule has 0 amide bonds. The summed E-state index contributed by atoms with van der Waals surface area (Å²) in [5, 5.41) is 47.2. The lowest BCUT2D eigenvalue weighted by molar-refractivity contribution is -0.398. The molecular formula is C26H38O8. The fraction of sp³-hybridized carbons (Fsp3) is 0.885. The summed E-state index contributed by atoms with van der Waals surface area (Å²) in [5.41, 5.74) is -3.16. The van der Waals surface area contributed by atoms with Crippen molar-refractivity contribution in [1.82, 2.24) is 0 Å². The minimum absolute atomic E-state index is 0.0561. The molecule has 2 aliphatic heterocycles. The van der Waals surface area contributed by atoms with Crippen molar-refractivity contribution in [2.45, 2.75) is 101 Å². The number of carbonyl (C=O) groups is 1. The topological polar surface area (TPSA) is 126 Å². The van der Waals surface area contributed by atoms with Gasteiger partial charge in [0, 0.05) is 30.3 Å². The van der Waals surface area contributed by atoms with E-state index in [0.29, 0.717) is 44.9 Å². The Morgan fingerprint density at radius 2 is 1.85 bits per heavy atom. The van der Waals surface area contributed by atoms with Gasteiger partial charge in [0.05, 0.1) is 41.5 Å². The highest BCUT2D eigenvalue weighted by Gasteiger charge is 2.76. The van der Waals surface area contributed by atoms with Crippen LogP contribution in [0.2, 0.25) is 0 Å². The van der Waals surface area contributed by atoms with E-state index >= 15 is 0 Å². The second-order valence-corrected chi connectivity index (χ2v) is 12.6. The monoisotopic (exact) mass is 478 g/mol. The van der Waals surface area contributed by atoms with E-state index in [2.05, 4.69) is 0 Å². The number of ether oxygens (including phenoxy) is 3. The largest absolute Gasteiger partial charge is 0.458 e. The Morgan fingerprint density at radius 3 is 2.53 bits per heavy atom. The lowest BCUT2D eigenvalue weighted by Crippen LogP contribution is -2.77. The van der Waals surface area contributed by atoms with Crippen LogP contribution in [0.1, 0.15) is 65.7 Å². The van der Waals surface area contributed by atoms with Gasteiger partial charge in [0.1, 0.15) is 6.61 Å². The average molecular weight is 479 g/mol. The van der Waals surface area contributed by atoms with Gasteiger partial charge < -0.3 is 34.6 Å². The third kappa shape index (κ3) is 2.73. The molecule has 1 saturated heterocycles. The van der Waals surface area contributed by atoms with E-state index in [1.807, 2.05) is 20.8 Å². The molecule has 0 aromatic rings. The van der Waals surface area contributed by atoms with Crippen LogP contribution in [-0.4, -0.2) is 74.9 Å². The summed E-state index contributed by atoms with van der Waals surface area (Å²) in [6.45, 7) is 5.66. The highest BCUT2D eigenvalue weighted by Crippen LogP contribution is 2.71. The predicted molar refractivity (Wildman–Crippen MR) is 119 cm³/mol. The van der Waals surface area contributed by atoms with Crippen LogP contribution in [0.25, 0.3) is 0 Å². The van der Waals surface area contributed by atoms with E-state index in [-0.39, 0.29) is 37.1 Å². The number of cyclic esters (lactones) is 1. The molecule has 190 valence electrons. The molecular weight excluding hydrogens is 440 g/mol. The lowest BCUT2D eigenvalue weighted by atomic mass is 9.40. The van der Waals surface area contributed by atoms with Gasteiger partial charge in [-0.3, -0.25) is 0 Å². The zero-order valence-electron chi connectivity index (χ0n) is 20.3. The first-order valence-corrected chi connectivity index (χ1v) is 12.9. The third-order valence-corrected chi connectivity index (χ3v) is 10.9. The van der Waals surface area contributed by atoms with Gasteiger partial charge in [0.15, 0.2) is 5.79 Å². The van der Waals surface area contributed by atoms with E-state index < -0.39 is 45.9 Å². The normalized spacial score (nSPS) is 55.6. The number of esters is 1. The molecule has 4 N–H and O–H groups in total. The van der Waals surface area contributed by atoms with Crippen LogP contribution >= 0.6 is 0 Å². The van der Waals surface area contributed by atoms with Gasteiger partial charge in [-0.15, -0.1) is 0 Å². The molecule has 6 aliphatic rings. The van der Waals surface area contributed by atoms with Gasteiger partial charge in [-0.25, -0.2) is 4.79 Å². The van der Waals surface area contributed by atoms with Crippen LogP contribution in [-0.2, 0) is 19.0 Å². The SMILES string of the molecule is CC1(C)O[C@H]2C[C@@H](O1)[C@]1(CO)[C@H]3[C@H](O)C[C@@]4(C)[C@@H](C5=CC(=O)OC5)CC[C@@]4(O)[C@H]3CC[C@]1(O)C2. The first-order valence-electron chi connectivity index (χ1n) is 12.9. The second-order valence-electron chi connectivity index (χ2n) is 12.6. The maximum atomic E-state index is 12.4. The van der Waals surface area contributed by atoms with Crippen molar-refractivity contribution in [2.75, 3.05) is 13.2 Å². The molecule has 6 rings (SSSR count). The van der Waals surface area contributed by atoms with Crippen LogP contribution in [0.3, 0.4) is 0 Å². The molecule has 2 bridgehead atoms. The highest BCUT2D eigenvalue weighted by molar-refractivity contribution is 5.85. The first-order chi connectivity index (χ1) is 15.9. The summed E-state index contributed by atoms with van der Waals surface area (Å²) >= 11 is 0. The first kappa shape index (κ1) is 23.4. The maximum absolute atomic E-state index is 12.4. The number of rotatable bonds is 2. The zero-order chi connectivity index (χ0) is 24.3. The van der Waals surface area contributed by atoms with Crippen LogP contribution < -0.4 is 0 Å². The molecule has 0 aromatic carbocycles. The molecule has 10 atom stereocenters. The predicted octanol–water partition coefficient (Wildman–Crippen LogP) is 1.43. The van der Waals surface area contributed by atoms with Gasteiger partial charge in [0.2, 0.25) is 0 Å². The molecule has 8 heteroatoms. The van der Waals surface area contributed by atoms with Gasteiger partial charge in [0.25, 0.3) is 0 Å². The number of carbonyl (C=O) groups excluding carboxylic acids is 1. The smallest absolute Gasteiger partial charge is 0.331 e. The fourth-order valence-corrected chi connectivity index (χ4v) is 9.65. The van der Waals surface area contributed by atoms with Crippen molar-refractivity contribution in [2.24, 2.45) is 28.6 Å². The van der Waals surface area contributed by atoms with Crippen LogP contribution in [0.15, 0.2) is 11.6 Å². The number of aliphatic hydroxyl groups is 4. The minimum Gasteiger partial charge on any atom is -0.458 e. The standard InChI is InChI=1S/C26H38O8/c1-22(2)33-15-9-19(34-22)25(13-27)21-17(4-6-24(25,30)10-15)26(31)7-5-16(14-8-20(29)32-12-14)23(26,3)11-18(21)28/h8,15-19,21,27-28,30-31H,4-7,9-13H2,1-3H3/t15-,16+,17-,18+,19+,21+,23-,24-,25+,26+/m0/s1. The number of aliphatic hydroxyl groups excluding tert-OH is 2. The molecule has 34 heavy (non-hydrogen) atoms. The molecule has 8 nitrogen and oxygen atoms in total. The van der Waals surface area contributed by atoms with Crippen molar-refractivity contribution < 1.29 is 39.4 Å². The molecule has 0 unspecified atom stereocenters. The van der Waals surface area contributed by atoms with Crippen LogP contribution in [0, 0.1) is 28.6 Å². The van der Waals surface area contributed by atoms with Gasteiger partial charge >= 0.3 is 5.97 Å². The van der Waals surface area contributed by atoms with Gasteiger partial charge in [-0.1, -0.05) is 6.92 Å². The van der Waals surface area contributed by atoms with E-state index in [0.717, 1.165) is 5.57 Å². The Kier molecular flexibility index (Phi) is 4.84. The maximum Gasteiger partial charge on any atom is 0.331 e. The van der Waals surface area contributed by atoms with E-state index in [4.69, 9.17) is 14.2 Å². The van der Waals surface area contributed by atoms with Crippen LogP contribution in [0.4, 0.5) is 0 Å². The quantitative estimate of drug-likeness (QED) is 0.439. The number of hydrogen-bond acceptors (Lipinski definition) is 8. The van der Waals surface area contributed by atoms with Crippen molar-refractivity contribution in [3.05, 3.63) is 11.6 Å². The van der Waals surface area contributed by atoms with Gasteiger partial charge in [-0.05, 0) is 63.4 Å². The lowest BCUT2D eigenvalue weighted by Gasteiger charge is -2.70. The molecule has 2 heterocycles. The molecule has 0 spiro atoms. The summed E-state index contributed by atoms with van der Waals surface area (Å²) in [5.74, 6) is -2.07. The Labute approximate surface area is 200 Å². The summed E-state index contributed by atoms with van der Waals surface area (Å²) in [4.78, 5) is 11.8. The summed E-state index contributed by atoms with van der Waals surface area (Å²) < 4.78 is 17.6. The van der Waals surface area contributed by atoms with Crippen molar-refractivity contribution in [1.29, 1.82) is 0 Å². The molecule has 0 radical (unpaired) electrons. The fourth-order valence-electron chi connectivity index (χ4n) is 9.65. The van der Waals surface area contributed by atoms with E-state index in [9.17, 15) is 25.2 Å². The van der Waals surface area contributed by atoms with Crippen molar-refractivity contribution >= 4 is 5.97 Å². The molecule has 5 fully saturated rings. The van der Waals surface area contributed by atoms with Crippen molar-refractivity contribution in [3.63, 3.8) is 0 Å². The summed E-state index contributed by atoms with van der Waals surface area (Å²) in [6, 6.07) is 0. The number of fused-ring (bicyclic) bond motifs is 8. The van der Waals surface area contributed by atoms with Crippen molar-refractivity contribution in [3.8, 4) is 0 Å². The van der Waals surface area contributed by atoms with E-state index in [1.165, 1.54) is 0 Å². The minimum atomic E-state index is -1.25. The zero-order valence-corrected chi connectivity index (χ0v) is 20.3. The molecule has 0 aromatic heterocycles. The molecule has 4 saturated carbocycles. The summed E-state index contributed by atoms with van der Waals surface area (Å²) in [7, 11) is 0. The second kappa shape index (κ2) is 7.05.